The second-order valence-corrected chi connectivity index (χ2v) is 8.87. The molecular weight excluding hydrogens is 434 g/mol. The van der Waals surface area contributed by atoms with E-state index in [1.807, 2.05) is 55.5 Å². The first-order valence-electron chi connectivity index (χ1n) is 9.72. The van der Waals surface area contributed by atoms with Gasteiger partial charge >= 0.3 is 0 Å². The minimum absolute atomic E-state index is 0.191. The molecule has 3 heterocycles. The molecule has 2 unspecified atom stereocenters. The lowest BCUT2D eigenvalue weighted by molar-refractivity contribution is -0.142. The fourth-order valence-corrected chi connectivity index (χ4v) is 5.46. The number of benzene rings is 2. The minimum Gasteiger partial charge on any atom is -0.324 e. The first kappa shape index (κ1) is 18.5. The second-order valence-electron chi connectivity index (χ2n) is 7.95. The van der Waals surface area contributed by atoms with Crippen LogP contribution >= 0.6 is 15.9 Å². The number of hydrogen-bond acceptors (Lipinski definition) is 4. The van der Waals surface area contributed by atoms with Crippen molar-refractivity contribution in [1.29, 1.82) is 0 Å². The van der Waals surface area contributed by atoms with Gasteiger partial charge in [0.1, 0.15) is 5.54 Å². The van der Waals surface area contributed by atoms with Crippen molar-refractivity contribution in [3.8, 4) is 0 Å². The first-order valence-corrected chi connectivity index (χ1v) is 10.5. The predicted molar refractivity (Wildman–Crippen MR) is 111 cm³/mol. The summed E-state index contributed by atoms with van der Waals surface area (Å²) in [5.41, 5.74) is 1.26. The molecule has 0 saturated carbocycles. The lowest BCUT2D eigenvalue weighted by Crippen LogP contribution is -2.53. The Kier molecular flexibility index (Phi) is 4.15. The topological polar surface area (TPSA) is 78.5 Å². The number of likely N-dealkylation sites (tertiary alicyclic amines) is 1. The van der Waals surface area contributed by atoms with Gasteiger partial charge in [0.25, 0.3) is 0 Å². The van der Waals surface area contributed by atoms with Gasteiger partial charge in [0.2, 0.25) is 17.7 Å². The number of carbonyl (C=O) groups excluding carboxylic acids is 3. The fraction of sp³-hybridized carbons (Fsp3) is 0.318. The van der Waals surface area contributed by atoms with Crippen LogP contribution in [-0.4, -0.2) is 35.2 Å². The highest BCUT2D eigenvalue weighted by atomic mass is 79.9. The van der Waals surface area contributed by atoms with E-state index < -0.39 is 17.4 Å². The molecule has 7 heteroatoms. The Bertz CT molecular complexity index is 1040. The van der Waals surface area contributed by atoms with Gasteiger partial charge in [0, 0.05) is 28.3 Å². The maximum Gasteiger partial charge on any atom is 0.250 e. The van der Waals surface area contributed by atoms with Gasteiger partial charge in [-0.1, -0.05) is 46.3 Å². The Labute approximate surface area is 176 Å². The number of imide groups is 1. The monoisotopic (exact) mass is 453 g/mol. The van der Waals surface area contributed by atoms with E-state index >= 15 is 0 Å². The highest BCUT2D eigenvalue weighted by Gasteiger charge is 2.69. The Hall–Kier alpha value is -2.51. The number of amides is 3. The van der Waals surface area contributed by atoms with Gasteiger partial charge in [0.05, 0.1) is 11.8 Å². The van der Waals surface area contributed by atoms with Crippen molar-refractivity contribution in [2.45, 2.75) is 24.9 Å². The summed E-state index contributed by atoms with van der Waals surface area (Å²) in [6.07, 6.45) is 0.598. The number of nitrogens with one attached hydrogen (secondary N) is 2. The van der Waals surface area contributed by atoms with Gasteiger partial charge < -0.3 is 5.32 Å². The molecule has 2 N–H and O–H groups in total. The predicted octanol–water partition coefficient (Wildman–Crippen LogP) is 2.43. The van der Waals surface area contributed by atoms with Gasteiger partial charge in [-0.2, -0.15) is 0 Å². The standard InChI is InChI=1S/C22H20BrN3O3/c1-12-17-18(20(28)26(19(17)27)10-9-13-5-3-2-4-6-13)22(25-12)15-11-14(23)7-8-16(15)24-21(22)29/h2-8,11-12,17-18,25H,9-10H2,1H3,(H,24,29)/t12?,17-,18+,22?/m0/s1. The first-order chi connectivity index (χ1) is 13.9. The quantitative estimate of drug-likeness (QED) is 0.699. The van der Waals surface area contributed by atoms with Crippen LogP contribution < -0.4 is 10.6 Å². The van der Waals surface area contributed by atoms with E-state index in [1.54, 1.807) is 0 Å². The van der Waals surface area contributed by atoms with Crippen molar-refractivity contribution < 1.29 is 14.4 Å². The van der Waals surface area contributed by atoms with Gasteiger partial charge in [0.15, 0.2) is 0 Å². The number of rotatable bonds is 3. The zero-order chi connectivity index (χ0) is 20.3. The average molecular weight is 454 g/mol. The molecule has 4 atom stereocenters. The molecule has 148 valence electrons. The lowest BCUT2D eigenvalue weighted by Gasteiger charge is -2.29. The number of anilines is 1. The van der Waals surface area contributed by atoms with Crippen molar-refractivity contribution in [2.75, 3.05) is 11.9 Å². The van der Waals surface area contributed by atoms with Crippen molar-refractivity contribution in [3.63, 3.8) is 0 Å². The number of nitrogens with zero attached hydrogens (tertiary/aromatic N) is 1. The fourth-order valence-electron chi connectivity index (χ4n) is 5.10. The molecule has 0 radical (unpaired) electrons. The third-order valence-corrected chi connectivity index (χ3v) is 6.88. The van der Waals surface area contributed by atoms with Crippen LogP contribution in [0.15, 0.2) is 53.0 Å². The summed E-state index contributed by atoms with van der Waals surface area (Å²) in [4.78, 5) is 41.1. The van der Waals surface area contributed by atoms with Crippen molar-refractivity contribution in [1.82, 2.24) is 10.2 Å². The molecule has 3 aliphatic heterocycles. The summed E-state index contributed by atoms with van der Waals surface area (Å²) < 4.78 is 0.822. The molecule has 2 aromatic carbocycles. The molecule has 29 heavy (non-hydrogen) atoms. The summed E-state index contributed by atoms with van der Waals surface area (Å²) in [5.74, 6) is -2.01. The maximum atomic E-state index is 13.4. The highest BCUT2D eigenvalue weighted by molar-refractivity contribution is 9.10. The molecule has 1 spiro atoms. The molecule has 5 rings (SSSR count). The third kappa shape index (κ3) is 2.53. The molecule has 6 nitrogen and oxygen atoms in total. The minimum atomic E-state index is -1.21. The van der Waals surface area contributed by atoms with E-state index in [0.717, 1.165) is 15.6 Å². The molecular formula is C22H20BrN3O3. The van der Waals surface area contributed by atoms with Crippen molar-refractivity contribution in [2.24, 2.45) is 11.8 Å². The summed E-state index contributed by atoms with van der Waals surface area (Å²) in [7, 11) is 0. The number of fused-ring (bicyclic) bond motifs is 4. The normalized spacial score (nSPS) is 30.1. The molecule has 2 aromatic rings. The SMILES string of the molecule is CC1NC2(C(=O)Nc3ccc(Br)cc32)[C@H]2C(=O)N(CCc3ccccc3)C(=O)[C@@H]12. The molecule has 0 bridgehead atoms. The summed E-state index contributed by atoms with van der Waals surface area (Å²) in [5, 5.41) is 6.21. The van der Waals surface area contributed by atoms with E-state index in [1.165, 1.54) is 4.90 Å². The van der Waals surface area contributed by atoms with Crippen molar-refractivity contribution >= 4 is 39.3 Å². The molecule has 2 saturated heterocycles. The van der Waals surface area contributed by atoms with E-state index in [0.29, 0.717) is 18.7 Å². The summed E-state index contributed by atoms with van der Waals surface area (Å²) >= 11 is 3.46. The Morgan fingerprint density at radius 3 is 2.59 bits per heavy atom. The van der Waals surface area contributed by atoms with Crippen LogP contribution in [0.4, 0.5) is 5.69 Å². The van der Waals surface area contributed by atoms with Crippen LogP contribution in [0.25, 0.3) is 0 Å². The van der Waals surface area contributed by atoms with Crippen LogP contribution in [-0.2, 0) is 26.3 Å². The van der Waals surface area contributed by atoms with Crippen molar-refractivity contribution in [3.05, 3.63) is 64.1 Å². The maximum absolute atomic E-state index is 13.4. The summed E-state index contributed by atoms with van der Waals surface area (Å²) in [6, 6.07) is 15.0. The molecule has 0 aliphatic carbocycles. The number of hydrogen-bond donors (Lipinski definition) is 2. The van der Waals surface area contributed by atoms with Gasteiger partial charge in [-0.15, -0.1) is 0 Å². The zero-order valence-corrected chi connectivity index (χ0v) is 17.4. The second kappa shape index (κ2) is 6.50. The largest absolute Gasteiger partial charge is 0.324 e. The Morgan fingerprint density at radius 2 is 1.83 bits per heavy atom. The summed E-state index contributed by atoms with van der Waals surface area (Å²) in [6.45, 7) is 2.20. The van der Waals surface area contributed by atoms with Crippen LogP contribution in [0.1, 0.15) is 18.1 Å². The zero-order valence-electron chi connectivity index (χ0n) is 15.8. The molecule has 2 fully saturated rings. The average Bonchev–Trinajstić information content (AvgIpc) is 3.26. The van der Waals surface area contributed by atoms with Crippen LogP contribution in [0, 0.1) is 11.8 Å². The van der Waals surface area contributed by atoms with Gasteiger partial charge in [-0.3, -0.25) is 24.6 Å². The van der Waals surface area contributed by atoms with Gasteiger partial charge in [-0.25, -0.2) is 0 Å². The van der Waals surface area contributed by atoms with E-state index in [2.05, 4.69) is 26.6 Å². The van der Waals surface area contributed by atoms with Crippen LogP contribution in [0.3, 0.4) is 0 Å². The van der Waals surface area contributed by atoms with Crippen LogP contribution in [0.2, 0.25) is 0 Å². The Morgan fingerprint density at radius 1 is 1.07 bits per heavy atom. The third-order valence-electron chi connectivity index (χ3n) is 6.38. The van der Waals surface area contributed by atoms with Gasteiger partial charge in [-0.05, 0) is 37.1 Å². The van der Waals surface area contributed by atoms with E-state index in [-0.39, 0.29) is 23.8 Å². The highest BCUT2D eigenvalue weighted by Crippen LogP contribution is 2.53. The number of carbonyl (C=O) groups is 3. The molecule has 0 aromatic heterocycles. The smallest absolute Gasteiger partial charge is 0.250 e. The Balaban J connectivity index is 1.52. The lowest BCUT2D eigenvalue weighted by atomic mass is 9.76. The molecule has 3 amide bonds. The van der Waals surface area contributed by atoms with E-state index in [9.17, 15) is 14.4 Å². The van der Waals surface area contributed by atoms with E-state index in [4.69, 9.17) is 0 Å². The molecule has 3 aliphatic rings. The number of halogens is 1. The van der Waals surface area contributed by atoms with Crippen LogP contribution in [0.5, 0.6) is 0 Å².